The second kappa shape index (κ2) is 5.58. The Morgan fingerprint density at radius 2 is 2.18 bits per heavy atom. The first-order chi connectivity index (χ1) is 8.24. The normalized spacial score (nSPS) is 21.0. The van der Waals surface area contributed by atoms with Gasteiger partial charge in [0.15, 0.2) is 0 Å². The van der Waals surface area contributed by atoms with Crippen LogP contribution in [0.15, 0.2) is 18.2 Å². The van der Waals surface area contributed by atoms with Crippen molar-refractivity contribution in [2.45, 2.75) is 19.5 Å². The first-order valence-electron chi connectivity index (χ1n) is 6.04. The Morgan fingerprint density at radius 1 is 1.41 bits per heavy atom. The molecule has 0 spiro atoms. The molecule has 1 atom stereocenters. The molecule has 1 aromatic carbocycles. The summed E-state index contributed by atoms with van der Waals surface area (Å²) in [5.74, 6) is 0.165. The fraction of sp³-hybridized carbons (Fsp3) is 0.538. The van der Waals surface area contributed by atoms with Gasteiger partial charge in [0.2, 0.25) is 0 Å². The molecule has 0 radical (unpaired) electrons. The molecule has 1 aliphatic heterocycles. The Kier molecular flexibility index (Phi) is 4.10. The number of hydrogen-bond donors (Lipinski definition) is 2. The summed E-state index contributed by atoms with van der Waals surface area (Å²) in [4.78, 5) is 2.18. The summed E-state index contributed by atoms with van der Waals surface area (Å²) < 4.78 is 13.9. The van der Waals surface area contributed by atoms with Gasteiger partial charge in [-0.25, -0.2) is 4.39 Å². The highest BCUT2D eigenvalue weighted by Crippen LogP contribution is 2.20. The summed E-state index contributed by atoms with van der Waals surface area (Å²) in [6.07, 6.45) is 0.995. The predicted molar refractivity (Wildman–Crippen MR) is 64.8 cm³/mol. The summed E-state index contributed by atoms with van der Waals surface area (Å²) in [5, 5.41) is 9.07. The molecule has 17 heavy (non-hydrogen) atoms. The Labute approximate surface area is 101 Å². The maximum Gasteiger partial charge on any atom is 0.132 e. The van der Waals surface area contributed by atoms with Crippen LogP contribution in [-0.2, 0) is 13.1 Å². The Morgan fingerprint density at radius 3 is 2.82 bits per heavy atom. The van der Waals surface area contributed by atoms with E-state index in [1.54, 1.807) is 12.1 Å². The maximum absolute atomic E-state index is 13.9. The third kappa shape index (κ3) is 2.83. The lowest BCUT2D eigenvalue weighted by Gasteiger charge is -2.16. The molecular formula is C13H19FN2O. The highest BCUT2D eigenvalue weighted by molar-refractivity contribution is 5.26. The molecule has 2 rings (SSSR count). The van der Waals surface area contributed by atoms with E-state index in [0.29, 0.717) is 23.6 Å². The highest BCUT2D eigenvalue weighted by Gasteiger charge is 2.22. The van der Waals surface area contributed by atoms with Crippen LogP contribution in [0.4, 0.5) is 4.39 Å². The Bertz CT molecular complexity index is 384. The van der Waals surface area contributed by atoms with Crippen LogP contribution in [-0.4, -0.2) is 29.7 Å². The summed E-state index contributed by atoms with van der Waals surface area (Å²) in [7, 11) is 0. The van der Waals surface area contributed by atoms with Crippen molar-refractivity contribution in [2.75, 3.05) is 19.7 Å². The van der Waals surface area contributed by atoms with Crippen molar-refractivity contribution in [1.29, 1.82) is 0 Å². The predicted octanol–water partition coefficient (Wildman–Crippen LogP) is 1.10. The average Bonchev–Trinajstić information content (AvgIpc) is 2.79. The molecular weight excluding hydrogens is 219 g/mol. The molecule has 0 aromatic heterocycles. The van der Waals surface area contributed by atoms with Crippen molar-refractivity contribution in [2.24, 2.45) is 11.7 Å². The monoisotopic (exact) mass is 238 g/mol. The van der Waals surface area contributed by atoms with Gasteiger partial charge in [0.05, 0.1) is 0 Å². The van der Waals surface area contributed by atoms with Crippen molar-refractivity contribution in [3.05, 3.63) is 35.1 Å². The van der Waals surface area contributed by atoms with Gasteiger partial charge in [-0.3, -0.25) is 4.90 Å². The topological polar surface area (TPSA) is 49.5 Å². The van der Waals surface area contributed by atoms with Crippen LogP contribution in [0.25, 0.3) is 0 Å². The van der Waals surface area contributed by atoms with E-state index in [1.165, 1.54) is 0 Å². The van der Waals surface area contributed by atoms with Crippen molar-refractivity contribution < 1.29 is 9.50 Å². The number of aliphatic hydroxyl groups is 1. The number of halogens is 1. The average molecular weight is 238 g/mol. The van der Waals surface area contributed by atoms with Crippen molar-refractivity contribution in [1.82, 2.24) is 4.90 Å². The van der Waals surface area contributed by atoms with Crippen LogP contribution in [0.5, 0.6) is 0 Å². The van der Waals surface area contributed by atoms with Crippen LogP contribution in [0.3, 0.4) is 0 Å². The zero-order valence-electron chi connectivity index (χ0n) is 9.90. The van der Waals surface area contributed by atoms with Crippen molar-refractivity contribution in [3.8, 4) is 0 Å². The summed E-state index contributed by atoms with van der Waals surface area (Å²) in [6, 6.07) is 5.38. The molecule has 0 aliphatic carbocycles. The van der Waals surface area contributed by atoms with E-state index >= 15 is 0 Å². The van der Waals surface area contributed by atoms with E-state index in [4.69, 9.17) is 10.8 Å². The molecule has 3 nitrogen and oxygen atoms in total. The Balaban J connectivity index is 2.04. The molecule has 0 saturated carbocycles. The Hall–Kier alpha value is -0.970. The lowest BCUT2D eigenvalue weighted by molar-refractivity contribution is 0.219. The number of aliphatic hydroxyl groups excluding tert-OH is 1. The van der Waals surface area contributed by atoms with Crippen LogP contribution in [0.1, 0.15) is 17.5 Å². The van der Waals surface area contributed by atoms with Gasteiger partial charge in [0, 0.05) is 37.4 Å². The van der Waals surface area contributed by atoms with Crippen LogP contribution >= 0.6 is 0 Å². The van der Waals surface area contributed by atoms with Gasteiger partial charge in [-0.2, -0.15) is 0 Å². The van der Waals surface area contributed by atoms with Crippen LogP contribution < -0.4 is 5.73 Å². The molecule has 94 valence electrons. The third-order valence-electron chi connectivity index (χ3n) is 3.40. The molecule has 1 heterocycles. The molecule has 1 saturated heterocycles. The number of nitrogens with zero attached hydrogens (tertiary/aromatic N) is 1. The van der Waals surface area contributed by atoms with E-state index < -0.39 is 0 Å². The first-order valence-corrected chi connectivity index (χ1v) is 6.04. The van der Waals surface area contributed by atoms with E-state index in [2.05, 4.69) is 4.90 Å². The smallest absolute Gasteiger partial charge is 0.132 e. The van der Waals surface area contributed by atoms with Gasteiger partial charge in [-0.05, 0) is 18.9 Å². The standard InChI is InChI=1S/C13H19FN2O/c14-13-11(6-15)2-1-3-12(13)8-16-5-4-10(7-16)9-17/h1-3,10,17H,4-9,15H2. The summed E-state index contributed by atoms with van der Waals surface area (Å²) >= 11 is 0. The van der Waals surface area contributed by atoms with Gasteiger partial charge in [-0.15, -0.1) is 0 Å². The molecule has 1 aromatic rings. The first kappa shape index (κ1) is 12.5. The van der Waals surface area contributed by atoms with Gasteiger partial charge >= 0.3 is 0 Å². The molecule has 3 N–H and O–H groups in total. The lowest BCUT2D eigenvalue weighted by atomic mass is 10.1. The molecule has 0 amide bonds. The van der Waals surface area contributed by atoms with Crippen molar-refractivity contribution >= 4 is 0 Å². The van der Waals surface area contributed by atoms with Gasteiger partial charge < -0.3 is 10.8 Å². The number of benzene rings is 1. The minimum Gasteiger partial charge on any atom is -0.396 e. The number of likely N-dealkylation sites (tertiary alicyclic amines) is 1. The molecule has 1 unspecified atom stereocenters. The minimum absolute atomic E-state index is 0.178. The number of hydrogen-bond acceptors (Lipinski definition) is 3. The minimum atomic E-state index is -0.178. The second-order valence-corrected chi connectivity index (χ2v) is 4.67. The number of nitrogens with two attached hydrogens (primary N) is 1. The molecule has 1 aliphatic rings. The zero-order valence-corrected chi connectivity index (χ0v) is 9.90. The highest BCUT2D eigenvalue weighted by atomic mass is 19.1. The summed E-state index contributed by atoms with van der Waals surface area (Å²) in [5.41, 5.74) is 6.75. The fourth-order valence-corrected chi connectivity index (χ4v) is 2.36. The maximum atomic E-state index is 13.9. The fourth-order valence-electron chi connectivity index (χ4n) is 2.36. The lowest BCUT2D eigenvalue weighted by Crippen LogP contribution is -2.22. The largest absolute Gasteiger partial charge is 0.396 e. The van der Waals surface area contributed by atoms with Gasteiger partial charge in [0.25, 0.3) is 0 Å². The SMILES string of the molecule is NCc1cccc(CN2CCC(CO)C2)c1F. The quantitative estimate of drug-likeness (QED) is 0.826. The van der Waals surface area contributed by atoms with E-state index in [9.17, 15) is 4.39 Å². The third-order valence-corrected chi connectivity index (χ3v) is 3.40. The van der Waals surface area contributed by atoms with E-state index in [1.807, 2.05) is 6.07 Å². The van der Waals surface area contributed by atoms with Crippen LogP contribution in [0, 0.1) is 11.7 Å². The molecule has 1 fully saturated rings. The molecule has 0 bridgehead atoms. The van der Waals surface area contributed by atoms with E-state index in [-0.39, 0.29) is 19.0 Å². The van der Waals surface area contributed by atoms with E-state index in [0.717, 1.165) is 19.5 Å². The van der Waals surface area contributed by atoms with Gasteiger partial charge in [0.1, 0.15) is 5.82 Å². The van der Waals surface area contributed by atoms with Crippen molar-refractivity contribution in [3.63, 3.8) is 0 Å². The zero-order chi connectivity index (χ0) is 12.3. The number of rotatable bonds is 4. The second-order valence-electron chi connectivity index (χ2n) is 4.67. The molecule has 4 heteroatoms. The van der Waals surface area contributed by atoms with Crippen LogP contribution in [0.2, 0.25) is 0 Å². The summed E-state index contributed by atoms with van der Waals surface area (Å²) in [6.45, 7) is 2.84. The van der Waals surface area contributed by atoms with Gasteiger partial charge in [-0.1, -0.05) is 18.2 Å².